The number of phenols is 1. The van der Waals surface area contributed by atoms with E-state index >= 15 is 0 Å². The summed E-state index contributed by atoms with van der Waals surface area (Å²) in [5.74, 6) is -0.470. The Hall–Kier alpha value is -1.93. The first-order chi connectivity index (χ1) is 8.88. The van der Waals surface area contributed by atoms with Crippen LogP contribution in [-0.2, 0) is 4.79 Å². The molecule has 8 heteroatoms. The number of nitro groups is 1. The van der Waals surface area contributed by atoms with Crippen LogP contribution in [0.3, 0.4) is 0 Å². The summed E-state index contributed by atoms with van der Waals surface area (Å²) < 4.78 is 0.317. The fourth-order valence-corrected chi connectivity index (χ4v) is 2.60. The lowest BCUT2D eigenvalue weighted by Crippen LogP contribution is -2.17. The number of carbonyl (C=O) groups is 1. The van der Waals surface area contributed by atoms with Crippen LogP contribution in [-0.4, -0.2) is 20.3 Å². The van der Waals surface area contributed by atoms with E-state index in [0.29, 0.717) is 14.8 Å². The Kier molecular flexibility index (Phi) is 3.54. The molecule has 0 aromatic heterocycles. The largest absolute Gasteiger partial charge is 0.507 e. The number of phenolic OH excluding ortho intramolecular Hbond substituents is 1. The summed E-state index contributed by atoms with van der Waals surface area (Å²) in [6, 6.07) is 2.48. The number of amides is 1. The van der Waals surface area contributed by atoms with Gasteiger partial charge in [0.25, 0.3) is 11.6 Å². The van der Waals surface area contributed by atoms with Crippen molar-refractivity contribution in [1.82, 2.24) is 5.32 Å². The van der Waals surface area contributed by atoms with Gasteiger partial charge in [-0.2, -0.15) is 0 Å². The van der Waals surface area contributed by atoms with E-state index in [1.165, 1.54) is 18.2 Å². The average molecular weight is 296 g/mol. The third-order valence-corrected chi connectivity index (χ3v) is 3.62. The number of carbonyl (C=O) groups excluding carboxylic acids is 1. The number of rotatable bonds is 2. The quantitative estimate of drug-likeness (QED) is 0.376. The summed E-state index contributed by atoms with van der Waals surface area (Å²) in [7, 11) is 0. The first-order valence-corrected chi connectivity index (χ1v) is 6.34. The van der Waals surface area contributed by atoms with Gasteiger partial charge in [-0.15, -0.1) is 0 Å². The lowest BCUT2D eigenvalue weighted by Gasteiger charge is -2.04. The topological polar surface area (TPSA) is 92.5 Å². The number of thioether (sulfide) groups is 1. The van der Waals surface area contributed by atoms with E-state index in [-0.39, 0.29) is 22.9 Å². The number of benzene rings is 1. The molecular formula is C11H8N2O4S2. The second-order valence-electron chi connectivity index (χ2n) is 3.81. The van der Waals surface area contributed by atoms with E-state index in [1.807, 2.05) is 0 Å². The van der Waals surface area contributed by atoms with E-state index in [9.17, 15) is 20.0 Å². The standard InChI is InChI=1S/C11H8N2O4S2/c1-5-2-7(13(16)17)3-6(9(5)14)4-8-10(15)12-11(18)19-8/h2-4,14H,1H3,(H,12,15,18)/b8-4+. The van der Waals surface area contributed by atoms with Gasteiger partial charge >= 0.3 is 0 Å². The number of nitro benzene ring substituents is 1. The van der Waals surface area contributed by atoms with Crippen molar-refractivity contribution in [2.45, 2.75) is 6.92 Å². The lowest BCUT2D eigenvalue weighted by atomic mass is 10.1. The van der Waals surface area contributed by atoms with Gasteiger partial charge in [0.05, 0.1) is 9.83 Å². The lowest BCUT2D eigenvalue weighted by molar-refractivity contribution is -0.384. The first kappa shape index (κ1) is 13.5. The molecule has 1 aliphatic rings. The van der Waals surface area contributed by atoms with Crippen molar-refractivity contribution in [1.29, 1.82) is 0 Å². The highest BCUT2D eigenvalue weighted by Gasteiger charge is 2.23. The van der Waals surface area contributed by atoms with Crippen LogP contribution in [0.15, 0.2) is 17.0 Å². The zero-order valence-electron chi connectivity index (χ0n) is 9.67. The molecule has 19 heavy (non-hydrogen) atoms. The summed E-state index contributed by atoms with van der Waals surface area (Å²) in [5.41, 5.74) is 0.439. The van der Waals surface area contributed by atoms with Gasteiger partial charge in [-0.05, 0) is 18.6 Å². The minimum Gasteiger partial charge on any atom is -0.507 e. The number of aromatic hydroxyl groups is 1. The molecule has 0 spiro atoms. The van der Waals surface area contributed by atoms with Crippen LogP contribution in [0, 0.1) is 17.0 Å². The summed E-state index contributed by atoms with van der Waals surface area (Å²) in [6.07, 6.45) is 1.38. The molecule has 1 amide bonds. The van der Waals surface area contributed by atoms with Gasteiger partial charge in [-0.3, -0.25) is 14.9 Å². The molecule has 6 nitrogen and oxygen atoms in total. The summed E-state index contributed by atoms with van der Waals surface area (Å²) in [6.45, 7) is 1.55. The van der Waals surface area contributed by atoms with Crippen LogP contribution in [0.1, 0.15) is 11.1 Å². The molecule has 1 aliphatic heterocycles. The van der Waals surface area contributed by atoms with Crippen molar-refractivity contribution >= 4 is 46.0 Å². The van der Waals surface area contributed by atoms with Crippen LogP contribution in [0.2, 0.25) is 0 Å². The van der Waals surface area contributed by atoms with Gasteiger partial charge in [-0.25, -0.2) is 0 Å². The molecule has 2 N–H and O–H groups in total. The average Bonchev–Trinajstić information content (AvgIpc) is 2.63. The molecule has 98 valence electrons. The second kappa shape index (κ2) is 4.98. The molecular weight excluding hydrogens is 288 g/mol. The van der Waals surface area contributed by atoms with Crippen LogP contribution in [0.5, 0.6) is 5.75 Å². The fourth-order valence-electron chi connectivity index (χ4n) is 1.56. The molecule has 0 unspecified atom stereocenters. The number of hydrogen-bond acceptors (Lipinski definition) is 6. The van der Waals surface area contributed by atoms with Crippen molar-refractivity contribution in [3.63, 3.8) is 0 Å². The summed E-state index contributed by atoms with van der Waals surface area (Å²) in [5, 5.41) is 23.1. The molecule has 0 radical (unpaired) electrons. The van der Waals surface area contributed by atoms with Gasteiger partial charge in [0.1, 0.15) is 10.1 Å². The third-order valence-electron chi connectivity index (χ3n) is 2.45. The first-order valence-electron chi connectivity index (χ1n) is 5.11. The Balaban J connectivity index is 2.51. The molecule has 2 rings (SSSR count). The molecule has 1 saturated heterocycles. The maximum Gasteiger partial charge on any atom is 0.270 e. The van der Waals surface area contributed by atoms with Crippen molar-refractivity contribution in [3.05, 3.63) is 38.3 Å². The minimum absolute atomic E-state index is 0.0932. The van der Waals surface area contributed by atoms with E-state index < -0.39 is 4.92 Å². The number of non-ortho nitro benzene ring substituents is 1. The van der Waals surface area contributed by atoms with Crippen LogP contribution in [0.25, 0.3) is 6.08 Å². The van der Waals surface area contributed by atoms with Gasteiger partial charge in [0.2, 0.25) is 0 Å². The van der Waals surface area contributed by atoms with Gasteiger partial charge in [0.15, 0.2) is 0 Å². The smallest absolute Gasteiger partial charge is 0.270 e. The Morgan fingerprint density at radius 3 is 2.74 bits per heavy atom. The molecule has 0 atom stereocenters. The number of thiocarbonyl (C=S) groups is 1. The normalized spacial score (nSPS) is 16.8. The molecule has 0 saturated carbocycles. The number of nitrogens with zero attached hydrogens (tertiary/aromatic N) is 1. The number of nitrogens with one attached hydrogen (secondary N) is 1. The van der Waals surface area contributed by atoms with Gasteiger partial charge < -0.3 is 10.4 Å². The fraction of sp³-hybridized carbons (Fsp3) is 0.0909. The SMILES string of the molecule is Cc1cc([N+](=O)[O-])cc(/C=C2/SC(=S)NC2=O)c1O. The zero-order valence-corrected chi connectivity index (χ0v) is 11.3. The monoisotopic (exact) mass is 296 g/mol. The predicted octanol–water partition coefficient (Wildman–Crippen LogP) is 2.10. The molecule has 1 aromatic carbocycles. The van der Waals surface area contributed by atoms with E-state index in [1.54, 1.807) is 6.92 Å². The van der Waals surface area contributed by atoms with Crippen LogP contribution in [0.4, 0.5) is 5.69 Å². The highest BCUT2D eigenvalue weighted by atomic mass is 32.2. The Labute approximate surface area is 117 Å². The maximum atomic E-state index is 11.5. The van der Waals surface area contributed by atoms with Crippen molar-refractivity contribution < 1.29 is 14.8 Å². The highest BCUT2D eigenvalue weighted by molar-refractivity contribution is 8.26. The number of aryl methyl sites for hydroxylation is 1. The molecule has 1 fully saturated rings. The minimum atomic E-state index is -0.555. The van der Waals surface area contributed by atoms with Crippen molar-refractivity contribution in [2.24, 2.45) is 0 Å². The van der Waals surface area contributed by atoms with Crippen molar-refractivity contribution in [3.8, 4) is 5.75 Å². The Bertz CT molecular complexity index is 640. The molecule has 0 bridgehead atoms. The Morgan fingerprint density at radius 1 is 1.53 bits per heavy atom. The predicted molar refractivity (Wildman–Crippen MR) is 75.8 cm³/mol. The van der Waals surface area contributed by atoms with Gasteiger partial charge in [-0.1, -0.05) is 24.0 Å². The zero-order chi connectivity index (χ0) is 14.2. The summed E-state index contributed by atoms with van der Waals surface area (Å²) >= 11 is 5.88. The number of hydrogen-bond donors (Lipinski definition) is 2. The van der Waals surface area contributed by atoms with Gasteiger partial charge in [0, 0.05) is 17.7 Å². The van der Waals surface area contributed by atoms with E-state index in [4.69, 9.17) is 12.2 Å². The summed E-state index contributed by atoms with van der Waals surface area (Å²) in [4.78, 5) is 22.0. The molecule has 1 aromatic rings. The van der Waals surface area contributed by atoms with Crippen molar-refractivity contribution in [2.75, 3.05) is 0 Å². The van der Waals surface area contributed by atoms with E-state index in [2.05, 4.69) is 5.32 Å². The maximum absolute atomic E-state index is 11.5. The Morgan fingerprint density at radius 2 is 2.21 bits per heavy atom. The highest BCUT2D eigenvalue weighted by Crippen LogP contribution is 2.33. The van der Waals surface area contributed by atoms with Crippen LogP contribution < -0.4 is 5.32 Å². The molecule has 1 heterocycles. The van der Waals surface area contributed by atoms with Crippen LogP contribution >= 0.6 is 24.0 Å². The second-order valence-corrected chi connectivity index (χ2v) is 5.53. The molecule has 0 aliphatic carbocycles. The third kappa shape index (κ3) is 2.74. The van der Waals surface area contributed by atoms with E-state index in [0.717, 1.165) is 11.8 Å².